The molecule has 0 saturated carbocycles. The van der Waals surface area contributed by atoms with Gasteiger partial charge in [0.15, 0.2) is 0 Å². The van der Waals surface area contributed by atoms with E-state index in [1.54, 1.807) is 26.0 Å². The normalized spacial score (nSPS) is 12.2. The molecule has 0 aliphatic heterocycles. The van der Waals surface area contributed by atoms with E-state index in [9.17, 15) is 13.9 Å². The summed E-state index contributed by atoms with van der Waals surface area (Å²) < 4.78 is 26.1. The Morgan fingerprint density at radius 1 is 1.44 bits per heavy atom. The molecule has 1 N–H and O–H groups in total. The van der Waals surface area contributed by atoms with Gasteiger partial charge in [0.1, 0.15) is 0 Å². The molecule has 90 valence electrons. The van der Waals surface area contributed by atoms with Crippen molar-refractivity contribution in [2.24, 2.45) is 0 Å². The summed E-state index contributed by atoms with van der Waals surface area (Å²) in [5, 5.41) is 9.56. The molecule has 0 aliphatic rings. The van der Waals surface area contributed by atoms with Crippen LogP contribution in [0, 0.1) is 0 Å². The summed E-state index contributed by atoms with van der Waals surface area (Å²) in [4.78, 5) is 0.506. The average molecular weight is 311 g/mol. The van der Waals surface area contributed by atoms with Crippen LogP contribution in [-0.2, 0) is 0 Å². The largest absolute Gasteiger partial charge is 0.390 e. The fourth-order valence-corrected chi connectivity index (χ4v) is 2.62. The first-order valence-electron chi connectivity index (χ1n) is 4.72. The third-order valence-corrected chi connectivity index (χ3v) is 3.80. The predicted octanol–water partition coefficient (Wildman–Crippen LogP) is 4.25. The maximum atomic E-state index is 12.7. The van der Waals surface area contributed by atoms with Gasteiger partial charge in [-0.2, -0.15) is 0 Å². The van der Waals surface area contributed by atoms with Crippen LogP contribution in [-0.4, -0.2) is 16.5 Å². The van der Waals surface area contributed by atoms with Crippen molar-refractivity contribution in [3.05, 3.63) is 28.2 Å². The van der Waals surface area contributed by atoms with Gasteiger partial charge in [0.05, 0.1) is 5.60 Å². The van der Waals surface area contributed by atoms with Gasteiger partial charge < -0.3 is 5.11 Å². The molecule has 1 aromatic carbocycles. The molecule has 16 heavy (non-hydrogen) atoms. The lowest BCUT2D eigenvalue weighted by Crippen LogP contribution is -2.21. The van der Waals surface area contributed by atoms with Crippen LogP contribution in [0.4, 0.5) is 8.78 Å². The summed E-state index contributed by atoms with van der Waals surface area (Å²) >= 11 is 4.48. The zero-order valence-corrected chi connectivity index (χ0v) is 11.4. The van der Waals surface area contributed by atoms with Crippen LogP contribution in [0.2, 0.25) is 0 Å². The van der Waals surface area contributed by atoms with Gasteiger partial charge in [-0.05, 0) is 26.0 Å². The van der Waals surface area contributed by atoms with E-state index in [4.69, 9.17) is 0 Å². The zero-order valence-electron chi connectivity index (χ0n) is 9.01. The first kappa shape index (κ1) is 13.9. The molecule has 1 rings (SSSR count). The number of hydrogen-bond acceptors (Lipinski definition) is 2. The van der Waals surface area contributed by atoms with Crippen molar-refractivity contribution in [2.45, 2.75) is 30.8 Å². The SMILES string of the molecule is CC(C)(O)CSc1cc(Br)ccc1C(F)F. The molecule has 1 aromatic rings. The van der Waals surface area contributed by atoms with E-state index in [0.29, 0.717) is 10.6 Å². The van der Waals surface area contributed by atoms with Gasteiger partial charge in [0.25, 0.3) is 6.43 Å². The van der Waals surface area contributed by atoms with Crippen LogP contribution in [0.3, 0.4) is 0 Å². The highest BCUT2D eigenvalue weighted by Crippen LogP contribution is 2.34. The smallest absolute Gasteiger partial charge is 0.264 e. The highest BCUT2D eigenvalue weighted by atomic mass is 79.9. The Hall–Kier alpha value is -0.130. The fourth-order valence-electron chi connectivity index (χ4n) is 1.07. The van der Waals surface area contributed by atoms with Crippen molar-refractivity contribution in [1.29, 1.82) is 0 Å². The molecule has 0 spiro atoms. The monoisotopic (exact) mass is 310 g/mol. The summed E-state index contributed by atoms with van der Waals surface area (Å²) in [6.07, 6.45) is -2.49. The Morgan fingerprint density at radius 2 is 2.06 bits per heavy atom. The van der Waals surface area contributed by atoms with E-state index in [-0.39, 0.29) is 5.56 Å². The average Bonchev–Trinajstić information content (AvgIpc) is 2.13. The molecule has 1 nitrogen and oxygen atoms in total. The quantitative estimate of drug-likeness (QED) is 0.839. The minimum absolute atomic E-state index is 0.0115. The molecule has 0 aliphatic carbocycles. The van der Waals surface area contributed by atoms with Crippen molar-refractivity contribution in [2.75, 3.05) is 5.75 Å². The van der Waals surface area contributed by atoms with Gasteiger partial charge >= 0.3 is 0 Å². The van der Waals surface area contributed by atoms with Crippen LogP contribution in [0.5, 0.6) is 0 Å². The van der Waals surface area contributed by atoms with Gasteiger partial charge in [0, 0.05) is 20.7 Å². The number of thioether (sulfide) groups is 1. The second-order valence-electron chi connectivity index (χ2n) is 4.08. The molecular formula is C11H13BrF2OS. The molecular weight excluding hydrogens is 298 g/mol. The molecule has 0 saturated heterocycles. The van der Waals surface area contributed by atoms with E-state index < -0.39 is 12.0 Å². The zero-order chi connectivity index (χ0) is 12.3. The third kappa shape index (κ3) is 4.39. The maximum Gasteiger partial charge on any atom is 0.264 e. The van der Waals surface area contributed by atoms with Crippen molar-refractivity contribution in [1.82, 2.24) is 0 Å². The van der Waals surface area contributed by atoms with Crippen molar-refractivity contribution in [3.63, 3.8) is 0 Å². The molecule has 0 unspecified atom stereocenters. The highest BCUT2D eigenvalue weighted by molar-refractivity contribution is 9.10. The minimum atomic E-state index is -2.49. The molecule has 0 bridgehead atoms. The van der Waals surface area contributed by atoms with E-state index >= 15 is 0 Å². The second kappa shape index (κ2) is 5.47. The molecule has 0 amide bonds. The summed E-state index contributed by atoms with van der Waals surface area (Å²) in [6, 6.07) is 4.65. The summed E-state index contributed by atoms with van der Waals surface area (Å²) in [5.74, 6) is 0.378. The van der Waals surface area contributed by atoms with Crippen LogP contribution < -0.4 is 0 Å². The molecule has 0 radical (unpaired) electrons. The van der Waals surface area contributed by atoms with Gasteiger partial charge in [0.2, 0.25) is 0 Å². The van der Waals surface area contributed by atoms with Crippen LogP contribution in [0.15, 0.2) is 27.6 Å². The molecule has 0 fully saturated rings. The number of rotatable bonds is 4. The fraction of sp³-hybridized carbons (Fsp3) is 0.455. The van der Waals surface area contributed by atoms with Crippen molar-refractivity contribution < 1.29 is 13.9 Å². The first-order chi connectivity index (χ1) is 7.29. The molecule has 5 heteroatoms. The second-order valence-corrected chi connectivity index (χ2v) is 6.02. The Labute approximate surface area is 106 Å². The number of hydrogen-bond donors (Lipinski definition) is 1. The standard InChI is InChI=1S/C11H13BrF2OS/c1-11(2,15)6-16-9-5-7(12)3-4-8(9)10(13)14/h3-5,10,15H,6H2,1-2H3. The van der Waals surface area contributed by atoms with Gasteiger partial charge in [-0.3, -0.25) is 0 Å². The Balaban J connectivity index is 2.88. The summed E-state index contributed by atoms with van der Waals surface area (Å²) in [7, 11) is 0. The van der Waals surface area contributed by atoms with Gasteiger partial charge in [-0.1, -0.05) is 22.0 Å². The summed E-state index contributed by atoms with van der Waals surface area (Å²) in [6.45, 7) is 3.31. The molecule has 0 heterocycles. The Kier molecular flexibility index (Phi) is 4.76. The lowest BCUT2D eigenvalue weighted by molar-refractivity contribution is 0.107. The molecule has 0 aromatic heterocycles. The first-order valence-corrected chi connectivity index (χ1v) is 6.50. The number of benzene rings is 1. The summed E-state index contributed by atoms with van der Waals surface area (Å²) in [5.41, 5.74) is -0.857. The topological polar surface area (TPSA) is 20.2 Å². The molecule has 0 atom stereocenters. The predicted molar refractivity (Wildman–Crippen MR) is 66.1 cm³/mol. The van der Waals surface area contributed by atoms with E-state index in [1.165, 1.54) is 17.8 Å². The lowest BCUT2D eigenvalue weighted by Gasteiger charge is -2.17. The van der Waals surface area contributed by atoms with E-state index in [0.717, 1.165) is 4.47 Å². The lowest BCUT2D eigenvalue weighted by atomic mass is 10.2. The Morgan fingerprint density at radius 3 is 2.56 bits per heavy atom. The van der Waals surface area contributed by atoms with E-state index in [1.807, 2.05) is 0 Å². The van der Waals surface area contributed by atoms with Crippen LogP contribution in [0.1, 0.15) is 25.8 Å². The van der Waals surface area contributed by atoms with Crippen molar-refractivity contribution >= 4 is 27.7 Å². The van der Waals surface area contributed by atoms with Gasteiger partial charge in [-0.15, -0.1) is 11.8 Å². The number of alkyl halides is 2. The van der Waals surface area contributed by atoms with Crippen molar-refractivity contribution in [3.8, 4) is 0 Å². The maximum absolute atomic E-state index is 12.7. The number of aliphatic hydroxyl groups is 1. The van der Waals surface area contributed by atoms with E-state index in [2.05, 4.69) is 15.9 Å². The third-order valence-electron chi connectivity index (χ3n) is 1.79. The van der Waals surface area contributed by atoms with Crippen LogP contribution in [0.25, 0.3) is 0 Å². The van der Waals surface area contributed by atoms with Crippen LogP contribution >= 0.6 is 27.7 Å². The Bertz CT molecular complexity index is 363. The highest BCUT2D eigenvalue weighted by Gasteiger charge is 2.17. The number of halogens is 3. The minimum Gasteiger partial charge on any atom is -0.390 e. The van der Waals surface area contributed by atoms with Gasteiger partial charge in [-0.25, -0.2) is 8.78 Å².